The van der Waals surface area contributed by atoms with Crippen molar-refractivity contribution in [3.05, 3.63) is 11.8 Å². The number of ether oxygens (including phenoxy) is 1. The molecule has 0 atom stereocenters. The van der Waals surface area contributed by atoms with Gasteiger partial charge >= 0.3 is 12.0 Å². The van der Waals surface area contributed by atoms with E-state index in [-0.39, 0.29) is 11.6 Å². The van der Waals surface area contributed by atoms with Crippen LogP contribution in [0.3, 0.4) is 0 Å². The highest BCUT2D eigenvalue weighted by Crippen LogP contribution is 2.26. The zero-order valence-electron chi connectivity index (χ0n) is 7.20. The summed E-state index contributed by atoms with van der Waals surface area (Å²) in [4.78, 5) is 10.2. The lowest BCUT2D eigenvalue weighted by atomic mass is 10.1. The smallest absolute Gasteiger partial charge is 0.374 e. The van der Waals surface area contributed by atoms with Crippen molar-refractivity contribution < 1.29 is 18.4 Å². The van der Waals surface area contributed by atoms with Crippen LogP contribution in [0.2, 0.25) is 0 Å². The summed E-state index contributed by atoms with van der Waals surface area (Å²) in [6.45, 7) is 2.61. The summed E-state index contributed by atoms with van der Waals surface area (Å²) in [5.74, 6) is -0.215. The second kappa shape index (κ2) is 3.04. The molecule has 0 unspecified atom stereocenters. The van der Waals surface area contributed by atoms with E-state index in [9.17, 15) is 9.18 Å². The second-order valence-electron chi connectivity index (χ2n) is 2.92. The molecule has 0 bridgehead atoms. The summed E-state index contributed by atoms with van der Waals surface area (Å²) in [7, 11) is 0. The summed E-state index contributed by atoms with van der Waals surface area (Å²) < 4.78 is 22.0. The van der Waals surface area contributed by atoms with Gasteiger partial charge in [-0.1, -0.05) is 5.16 Å². The van der Waals surface area contributed by atoms with E-state index in [1.807, 2.05) is 0 Å². The number of primary amides is 1. The van der Waals surface area contributed by atoms with Crippen molar-refractivity contribution in [2.45, 2.75) is 19.5 Å². The SMILES string of the molecule is CC(C)(F)c1cc(OC(N)=O)on1. The van der Waals surface area contributed by atoms with Crippen molar-refractivity contribution in [2.75, 3.05) is 0 Å². The number of carbonyl (C=O) groups excluding carboxylic acids is 1. The van der Waals surface area contributed by atoms with Gasteiger partial charge in [0.15, 0.2) is 5.67 Å². The molecule has 0 radical (unpaired) electrons. The lowest BCUT2D eigenvalue weighted by Crippen LogP contribution is -2.15. The minimum Gasteiger partial charge on any atom is -0.374 e. The van der Waals surface area contributed by atoms with Crippen LogP contribution in [0.5, 0.6) is 5.95 Å². The molecule has 5 nitrogen and oxygen atoms in total. The average Bonchev–Trinajstić information content (AvgIpc) is 2.32. The number of aromatic nitrogens is 1. The molecule has 0 aliphatic rings. The second-order valence-corrected chi connectivity index (χ2v) is 2.92. The zero-order chi connectivity index (χ0) is 10.1. The lowest BCUT2D eigenvalue weighted by molar-refractivity contribution is 0.185. The number of hydrogen-bond acceptors (Lipinski definition) is 4. The zero-order valence-corrected chi connectivity index (χ0v) is 7.20. The van der Waals surface area contributed by atoms with Crippen molar-refractivity contribution in [1.29, 1.82) is 0 Å². The standard InChI is InChI=1S/C7H9FN2O3/c1-7(2,8)4-3-5(13-10-4)12-6(9)11/h3H,1-2H3,(H2,9,11). The van der Waals surface area contributed by atoms with Gasteiger partial charge in [-0.05, 0) is 13.8 Å². The first kappa shape index (κ1) is 9.50. The predicted octanol–water partition coefficient (Wildman–Crippen LogP) is 1.34. The van der Waals surface area contributed by atoms with Gasteiger partial charge in [-0.15, -0.1) is 0 Å². The fraction of sp³-hybridized carbons (Fsp3) is 0.429. The van der Waals surface area contributed by atoms with Gasteiger partial charge in [0.1, 0.15) is 5.69 Å². The van der Waals surface area contributed by atoms with Crippen molar-refractivity contribution in [2.24, 2.45) is 5.73 Å². The summed E-state index contributed by atoms with van der Waals surface area (Å²) in [5.41, 5.74) is 3.11. The summed E-state index contributed by atoms with van der Waals surface area (Å²) >= 11 is 0. The van der Waals surface area contributed by atoms with E-state index in [0.717, 1.165) is 0 Å². The van der Waals surface area contributed by atoms with Gasteiger partial charge < -0.3 is 15.0 Å². The van der Waals surface area contributed by atoms with Crippen molar-refractivity contribution in [3.63, 3.8) is 0 Å². The highest BCUT2D eigenvalue weighted by molar-refractivity contribution is 5.67. The van der Waals surface area contributed by atoms with Gasteiger partial charge in [0, 0.05) is 0 Å². The van der Waals surface area contributed by atoms with E-state index in [0.29, 0.717) is 0 Å². The Morgan fingerprint density at radius 3 is 2.77 bits per heavy atom. The fourth-order valence-electron chi connectivity index (χ4n) is 0.686. The molecule has 0 spiro atoms. The first-order chi connectivity index (χ1) is 5.89. The van der Waals surface area contributed by atoms with Crippen LogP contribution in [-0.4, -0.2) is 11.2 Å². The summed E-state index contributed by atoms with van der Waals surface area (Å²) in [6, 6.07) is 1.17. The van der Waals surface area contributed by atoms with Crippen LogP contribution in [0.15, 0.2) is 10.6 Å². The number of halogens is 1. The number of hydrogen-bond donors (Lipinski definition) is 1. The third-order valence-electron chi connectivity index (χ3n) is 1.30. The topological polar surface area (TPSA) is 78.4 Å². The number of nitrogens with zero attached hydrogens (tertiary/aromatic N) is 1. The van der Waals surface area contributed by atoms with Gasteiger partial charge in [0.05, 0.1) is 6.07 Å². The van der Waals surface area contributed by atoms with Gasteiger partial charge in [-0.3, -0.25) is 0 Å². The molecule has 1 heterocycles. The van der Waals surface area contributed by atoms with Crippen LogP contribution in [0.25, 0.3) is 0 Å². The molecule has 6 heteroatoms. The quantitative estimate of drug-likeness (QED) is 0.759. The van der Waals surface area contributed by atoms with E-state index in [4.69, 9.17) is 5.73 Å². The molecule has 0 aliphatic carbocycles. The summed E-state index contributed by atoms with van der Waals surface area (Å²) in [5, 5.41) is 3.36. The Morgan fingerprint density at radius 2 is 2.38 bits per heavy atom. The molecular weight excluding hydrogens is 179 g/mol. The van der Waals surface area contributed by atoms with E-state index >= 15 is 0 Å². The molecular formula is C7H9FN2O3. The molecule has 1 amide bonds. The lowest BCUT2D eigenvalue weighted by Gasteiger charge is -2.07. The number of carbonyl (C=O) groups is 1. The van der Waals surface area contributed by atoms with Crippen LogP contribution in [0.1, 0.15) is 19.5 Å². The fourth-order valence-corrected chi connectivity index (χ4v) is 0.686. The Bertz CT molecular complexity index is 316. The third kappa shape index (κ3) is 2.43. The third-order valence-corrected chi connectivity index (χ3v) is 1.30. The Morgan fingerprint density at radius 1 is 1.77 bits per heavy atom. The molecule has 1 aromatic heterocycles. The number of alkyl halides is 1. The predicted molar refractivity (Wildman–Crippen MR) is 40.8 cm³/mol. The minimum atomic E-state index is -1.64. The number of amides is 1. The molecule has 2 N–H and O–H groups in total. The summed E-state index contributed by atoms with van der Waals surface area (Å²) in [6.07, 6.45) is -1.03. The Hall–Kier alpha value is -1.59. The average molecular weight is 188 g/mol. The molecule has 13 heavy (non-hydrogen) atoms. The Labute approximate surface area is 73.6 Å². The van der Waals surface area contributed by atoms with Gasteiger partial charge in [-0.25, -0.2) is 9.18 Å². The molecule has 72 valence electrons. The van der Waals surface area contributed by atoms with Gasteiger partial charge in [-0.2, -0.15) is 0 Å². The molecule has 1 aromatic rings. The normalized spacial score (nSPS) is 11.3. The van der Waals surface area contributed by atoms with E-state index in [1.54, 1.807) is 0 Å². The highest BCUT2D eigenvalue weighted by atomic mass is 19.1. The molecule has 0 saturated carbocycles. The van der Waals surface area contributed by atoms with Crippen LogP contribution >= 0.6 is 0 Å². The number of nitrogens with two attached hydrogens (primary N) is 1. The first-order valence-electron chi connectivity index (χ1n) is 3.53. The van der Waals surface area contributed by atoms with Crippen LogP contribution in [0.4, 0.5) is 9.18 Å². The molecule has 0 aromatic carbocycles. The molecule has 1 rings (SSSR count). The maximum Gasteiger partial charge on any atom is 0.412 e. The van der Waals surface area contributed by atoms with Gasteiger partial charge in [0.2, 0.25) is 0 Å². The Balaban J connectivity index is 2.81. The molecule has 0 saturated heterocycles. The maximum atomic E-state index is 13.2. The van der Waals surface area contributed by atoms with Crippen LogP contribution < -0.4 is 10.5 Å². The first-order valence-corrected chi connectivity index (χ1v) is 3.53. The molecule has 0 fully saturated rings. The monoisotopic (exact) mass is 188 g/mol. The van der Waals surface area contributed by atoms with Crippen LogP contribution in [-0.2, 0) is 5.67 Å². The van der Waals surface area contributed by atoms with Crippen molar-refractivity contribution in [1.82, 2.24) is 5.16 Å². The largest absolute Gasteiger partial charge is 0.412 e. The van der Waals surface area contributed by atoms with E-state index < -0.39 is 11.8 Å². The van der Waals surface area contributed by atoms with Crippen molar-refractivity contribution in [3.8, 4) is 5.95 Å². The Kier molecular flexibility index (Phi) is 2.22. The highest BCUT2D eigenvalue weighted by Gasteiger charge is 2.24. The van der Waals surface area contributed by atoms with E-state index in [2.05, 4.69) is 14.4 Å². The van der Waals surface area contributed by atoms with E-state index in [1.165, 1.54) is 19.9 Å². The maximum absolute atomic E-state index is 13.2. The number of rotatable bonds is 2. The molecule has 0 aliphatic heterocycles. The minimum absolute atomic E-state index is 0.0451. The van der Waals surface area contributed by atoms with Gasteiger partial charge in [0.25, 0.3) is 0 Å². The van der Waals surface area contributed by atoms with Crippen molar-refractivity contribution >= 4 is 6.09 Å². The van der Waals surface area contributed by atoms with Crippen LogP contribution in [0, 0.1) is 0 Å².